The van der Waals surface area contributed by atoms with Gasteiger partial charge in [-0.05, 0) is 30.5 Å². The van der Waals surface area contributed by atoms with Crippen molar-refractivity contribution in [3.8, 4) is 0 Å². The van der Waals surface area contributed by atoms with Crippen molar-refractivity contribution >= 4 is 25.8 Å². The number of sulfone groups is 1. The number of hydrogen-bond donors (Lipinski definition) is 1. The van der Waals surface area contributed by atoms with Crippen LogP contribution in [-0.2, 0) is 16.3 Å². The second kappa shape index (κ2) is 5.89. The third kappa shape index (κ3) is 3.55. The molecule has 6 heteroatoms. The van der Waals surface area contributed by atoms with E-state index in [9.17, 15) is 17.9 Å². The van der Waals surface area contributed by atoms with Crippen LogP contribution in [0.15, 0.2) is 22.7 Å². The van der Waals surface area contributed by atoms with E-state index in [0.29, 0.717) is 17.3 Å². The fraction of sp³-hybridized carbons (Fsp3) is 0.538. The predicted molar refractivity (Wildman–Crippen MR) is 75.2 cm³/mol. The van der Waals surface area contributed by atoms with Gasteiger partial charge in [0.2, 0.25) is 0 Å². The molecule has 0 amide bonds. The molecule has 1 aromatic carbocycles. The van der Waals surface area contributed by atoms with Crippen LogP contribution in [0, 0.1) is 5.82 Å². The largest absolute Gasteiger partial charge is 0.391 e. The molecule has 1 heterocycles. The summed E-state index contributed by atoms with van der Waals surface area (Å²) in [6.07, 6.45) is 1.27. The lowest BCUT2D eigenvalue weighted by atomic mass is 10.0. The molecule has 0 aromatic heterocycles. The average molecular weight is 351 g/mol. The van der Waals surface area contributed by atoms with Gasteiger partial charge in [-0.15, -0.1) is 0 Å². The van der Waals surface area contributed by atoms with E-state index in [-0.39, 0.29) is 18.0 Å². The molecular weight excluding hydrogens is 335 g/mol. The van der Waals surface area contributed by atoms with Crippen LogP contribution in [0.1, 0.15) is 24.8 Å². The van der Waals surface area contributed by atoms with Gasteiger partial charge >= 0.3 is 0 Å². The van der Waals surface area contributed by atoms with E-state index in [4.69, 9.17) is 0 Å². The van der Waals surface area contributed by atoms with Gasteiger partial charge in [0.25, 0.3) is 0 Å². The van der Waals surface area contributed by atoms with Crippen molar-refractivity contribution in [3.05, 3.63) is 34.1 Å². The molecule has 0 saturated carbocycles. The van der Waals surface area contributed by atoms with E-state index >= 15 is 0 Å². The zero-order valence-corrected chi connectivity index (χ0v) is 12.8. The van der Waals surface area contributed by atoms with Gasteiger partial charge in [0.05, 0.1) is 17.1 Å². The monoisotopic (exact) mass is 350 g/mol. The van der Waals surface area contributed by atoms with Crippen molar-refractivity contribution in [2.24, 2.45) is 0 Å². The molecule has 0 spiro atoms. The highest BCUT2D eigenvalue weighted by Crippen LogP contribution is 2.26. The lowest BCUT2D eigenvalue weighted by Crippen LogP contribution is -2.39. The molecule has 19 heavy (non-hydrogen) atoms. The van der Waals surface area contributed by atoms with E-state index in [1.54, 1.807) is 6.07 Å². The first-order valence-corrected chi connectivity index (χ1v) is 8.74. The SMILES string of the molecule is O=S1(=O)CCCCC1C(O)Cc1ccc(F)cc1Br. The van der Waals surface area contributed by atoms with Crippen LogP contribution in [0.5, 0.6) is 0 Å². The summed E-state index contributed by atoms with van der Waals surface area (Å²) in [4.78, 5) is 0. The topological polar surface area (TPSA) is 54.4 Å². The van der Waals surface area contributed by atoms with E-state index in [0.717, 1.165) is 12.0 Å². The van der Waals surface area contributed by atoms with Crippen molar-refractivity contribution in [2.45, 2.75) is 37.0 Å². The molecule has 1 N–H and O–H groups in total. The lowest BCUT2D eigenvalue weighted by Gasteiger charge is -2.27. The molecule has 3 nitrogen and oxygen atoms in total. The Morgan fingerprint density at radius 3 is 2.79 bits per heavy atom. The first-order chi connectivity index (χ1) is 8.90. The summed E-state index contributed by atoms with van der Waals surface area (Å²) in [5, 5.41) is 9.47. The minimum absolute atomic E-state index is 0.152. The molecular formula is C13H16BrFO3S. The van der Waals surface area contributed by atoms with E-state index in [2.05, 4.69) is 15.9 Å². The fourth-order valence-electron chi connectivity index (χ4n) is 2.46. The minimum atomic E-state index is -3.20. The first-order valence-electron chi connectivity index (χ1n) is 6.24. The molecule has 1 saturated heterocycles. The van der Waals surface area contributed by atoms with Crippen LogP contribution in [-0.4, -0.2) is 30.6 Å². The van der Waals surface area contributed by atoms with Gasteiger partial charge in [0.15, 0.2) is 9.84 Å². The Kier molecular flexibility index (Phi) is 4.63. The maximum Gasteiger partial charge on any atom is 0.155 e. The quantitative estimate of drug-likeness (QED) is 0.910. The second-order valence-corrected chi connectivity index (χ2v) is 8.10. The third-order valence-electron chi connectivity index (χ3n) is 3.50. The van der Waals surface area contributed by atoms with Gasteiger partial charge < -0.3 is 5.11 Å². The molecule has 1 fully saturated rings. The molecule has 2 unspecified atom stereocenters. The highest BCUT2D eigenvalue weighted by Gasteiger charge is 2.34. The summed E-state index contributed by atoms with van der Waals surface area (Å²) < 4.78 is 37.4. The molecule has 1 aromatic rings. The molecule has 2 rings (SSSR count). The Morgan fingerprint density at radius 2 is 2.16 bits per heavy atom. The summed E-state index contributed by atoms with van der Waals surface area (Å²) >= 11 is 3.23. The van der Waals surface area contributed by atoms with E-state index in [1.807, 2.05) is 0 Å². The Labute approximate surface area is 120 Å². The van der Waals surface area contributed by atoms with Gasteiger partial charge in [0, 0.05) is 10.9 Å². The summed E-state index contributed by atoms with van der Waals surface area (Å²) in [6.45, 7) is 0. The Hall–Kier alpha value is -0.460. The number of halogens is 2. The molecule has 1 aliphatic heterocycles. The van der Waals surface area contributed by atoms with Crippen molar-refractivity contribution in [2.75, 3.05) is 5.75 Å². The molecule has 0 aliphatic carbocycles. The van der Waals surface area contributed by atoms with Crippen LogP contribution >= 0.6 is 15.9 Å². The number of benzene rings is 1. The maximum atomic E-state index is 13.0. The van der Waals surface area contributed by atoms with Gasteiger partial charge in [-0.3, -0.25) is 0 Å². The van der Waals surface area contributed by atoms with Crippen LogP contribution in [0.3, 0.4) is 0 Å². The smallest absolute Gasteiger partial charge is 0.155 e. The van der Waals surface area contributed by atoms with Gasteiger partial charge in [0.1, 0.15) is 5.82 Å². The first kappa shape index (κ1) is 14.9. The summed E-state index contributed by atoms with van der Waals surface area (Å²) in [5.74, 6) is -0.213. The molecule has 0 bridgehead atoms. The number of aliphatic hydroxyl groups is 1. The number of aliphatic hydroxyl groups excluding tert-OH is 1. The van der Waals surface area contributed by atoms with E-state index in [1.165, 1.54) is 12.1 Å². The standard InChI is InChI=1S/C13H16BrFO3S/c14-11-8-10(15)5-4-9(11)7-12(16)13-3-1-2-6-19(13,17)18/h4-5,8,12-13,16H,1-3,6-7H2. The van der Waals surface area contributed by atoms with Crippen LogP contribution in [0.4, 0.5) is 4.39 Å². The third-order valence-corrected chi connectivity index (χ3v) is 6.57. The minimum Gasteiger partial charge on any atom is -0.391 e. The summed E-state index contributed by atoms with van der Waals surface area (Å²) in [7, 11) is -3.20. The molecule has 0 radical (unpaired) electrons. The molecule has 1 aliphatic rings. The van der Waals surface area contributed by atoms with Gasteiger partial charge in [-0.1, -0.05) is 28.4 Å². The Morgan fingerprint density at radius 1 is 1.42 bits per heavy atom. The Balaban J connectivity index is 2.14. The summed E-state index contributed by atoms with van der Waals surface area (Å²) in [6, 6.07) is 4.19. The van der Waals surface area contributed by atoms with Gasteiger partial charge in [-0.25, -0.2) is 12.8 Å². The summed E-state index contributed by atoms with van der Waals surface area (Å²) in [5.41, 5.74) is 0.717. The second-order valence-electron chi connectivity index (χ2n) is 4.91. The maximum absolute atomic E-state index is 13.0. The highest BCUT2D eigenvalue weighted by atomic mass is 79.9. The van der Waals surface area contributed by atoms with Gasteiger partial charge in [-0.2, -0.15) is 0 Å². The molecule has 2 atom stereocenters. The van der Waals surface area contributed by atoms with E-state index < -0.39 is 21.2 Å². The average Bonchev–Trinajstić information content (AvgIpc) is 2.32. The van der Waals surface area contributed by atoms with Crippen molar-refractivity contribution in [3.63, 3.8) is 0 Å². The van der Waals surface area contributed by atoms with Crippen LogP contribution in [0.25, 0.3) is 0 Å². The van der Waals surface area contributed by atoms with Crippen molar-refractivity contribution in [1.82, 2.24) is 0 Å². The highest BCUT2D eigenvalue weighted by molar-refractivity contribution is 9.10. The Bertz CT molecular complexity index is 559. The van der Waals surface area contributed by atoms with Crippen LogP contribution in [0.2, 0.25) is 0 Å². The van der Waals surface area contributed by atoms with Crippen molar-refractivity contribution in [1.29, 1.82) is 0 Å². The number of rotatable bonds is 3. The predicted octanol–water partition coefficient (Wildman–Crippen LogP) is 2.46. The molecule has 106 valence electrons. The number of hydrogen-bond acceptors (Lipinski definition) is 3. The zero-order chi connectivity index (χ0) is 14.0. The lowest BCUT2D eigenvalue weighted by molar-refractivity contribution is 0.161. The zero-order valence-electron chi connectivity index (χ0n) is 10.4. The van der Waals surface area contributed by atoms with Crippen molar-refractivity contribution < 1.29 is 17.9 Å². The van der Waals surface area contributed by atoms with Crippen LogP contribution < -0.4 is 0 Å². The normalized spacial score (nSPS) is 24.1. The fourth-order valence-corrected chi connectivity index (χ4v) is 4.98.